The van der Waals surface area contributed by atoms with Crippen molar-refractivity contribution in [3.05, 3.63) is 0 Å². The first-order chi connectivity index (χ1) is 6.08. The monoisotopic (exact) mass is 206 g/mol. The fourth-order valence-corrected chi connectivity index (χ4v) is 0.846. The van der Waals surface area contributed by atoms with Gasteiger partial charge in [0.2, 0.25) is 0 Å². The highest BCUT2D eigenvalue weighted by Crippen LogP contribution is 2.06. The summed E-state index contributed by atoms with van der Waals surface area (Å²) in [5.74, 6) is 0. The molecule has 0 radical (unpaired) electrons. The van der Waals surface area contributed by atoms with Gasteiger partial charge in [-0.1, -0.05) is 11.8 Å². The van der Waals surface area contributed by atoms with Crippen LogP contribution in [0.4, 0.5) is 9.59 Å². The van der Waals surface area contributed by atoms with Crippen molar-refractivity contribution in [1.29, 1.82) is 5.41 Å². The summed E-state index contributed by atoms with van der Waals surface area (Å²) >= 11 is 0.928. The summed E-state index contributed by atoms with van der Waals surface area (Å²) in [6.07, 6.45) is -0.321. The largest absolute Gasteiger partial charge is 0.452 e. The zero-order valence-electron chi connectivity index (χ0n) is 7.49. The topological polar surface area (TPSA) is 79.7 Å². The Morgan fingerprint density at radius 1 is 1.23 bits per heavy atom. The van der Waals surface area contributed by atoms with Gasteiger partial charge < -0.3 is 9.47 Å². The number of amidine groups is 1. The van der Waals surface area contributed by atoms with E-state index < -0.39 is 12.2 Å². The van der Waals surface area contributed by atoms with Crippen molar-refractivity contribution in [3.8, 4) is 0 Å². The molecule has 0 saturated carbocycles. The van der Waals surface area contributed by atoms with Crippen LogP contribution in [-0.4, -0.2) is 42.7 Å². The van der Waals surface area contributed by atoms with E-state index in [2.05, 4.69) is 9.47 Å². The van der Waals surface area contributed by atoms with Gasteiger partial charge in [0.25, 0.3) is 0 Å². The molecule has 2 amide bonds. The van der Waals surface area contributed by atoms with E-state index in [0.29, 0.717) is 4.90 Å². The van der Waals surface area contributed by atoms with Gasteiger partial charge in [-0.2, -0.15) is 4.90 Å². The number of ether oxygens (including phenoxy) is 2. The Balaban J connectivity index is 4.64. The summed E-state index contributed by atoms with van der Waals surface area (Å²) in [5.41, 5.74) is 0. The Labute approximate surface area is 79.7 Å². The van der Waals surface area contributed by atoms with Crippen LogP contribution >= 0.6 is 11.8 Å². The molecule has 1 N–H and O–H groups in total. The van der Waals surface area contributed by atoms with Crippen LogP contribution in [0, 0.1) is 5.41 Å². The van der Waals surface area contributed by atoms with E-state index in [0.717, 1.165) is 26.0 Å². The zero-order valence-corrected chi connectivity index (χ0v) is 8.30. The highest BCUT2D eigenvalue weighted by molar-refractivity contribution is 8.13. The van der Waals surface area contributed by atoms with Gasteiger partial charge in [0.1, 0.15) is 0 Å². The summed E-state index contributed by atoms with van der Waals surface area (Å²) in [7, 11) is 2.23. The predicted octanol–water partition coefficient (Wildman–Crippen LogP) is 1.12. The Morgan fingerprint density at radius 3 is 1.85 bits per heavy atom. The molecule has 0 fully saturated rings. The van der Waals surface area contributed by atoms with E-state index in [9.17, 15) is 9.59 Å². The van der Waals surface area contributed by atoms with Crippen molar-refractivity contribution in [2.24, 2.45) is 0 Å². The number of imide groups is 1. The molecule has 6 nitrogen and oxygen atoms in total. The lowest BCUT2D eigenvalue weighted by atomic mass is 10.8. The smallest absolute Gasteiger partial charge is 0.425 e. The van der Waals surface area contributed by atoms with Gasteiger partial charge in [0.15, 0.2) is 5.17 Å². The lowest BCUT2D eigenvalue weighted by molar-refractivity contribution is 0.120. The van der Waals surface area contributed by atoms with Crippen LogP contribution in [0.1, 0.15) is 0 Å². The molecule has 0 unspecified atom stereocenters. The minimum atomic E-state index is -0.939. The van der Waals surface area contributed by atoms with Crippen molar-refractivity contribution in [3.63, 3.8) is 0 Å². The van der Waals surface area contributed by atoms with Crippen LogP contribution in [-0.2, 0) is 9.47 Å². The molecule has 0 heterocycles. The van der Waals surface area contributed by atoms with Gasteiger partial charge in [-0.05, 0) is 6.26 Å². The molecule has 0 bridgehead atoms. The van der Waals surface area contributed by atoms with Gasteiger partial charge in [-0.3, -0.25) is 5.41 Å². The molecule has 13 heavy (non-hydrogen) atoms. The first kappa shape index (κ1) is 11.8. The Morgan fingerprint density at radius 2 is 1.62 bits per heavy atom. The molecule has 0 aromatic carbocycles. The number of rotatable bonds is 0. The van der Waals surface area contributed by atoms with Gasteiger partial charge >= 0.3 is 12.2 Å². The predicted molar refractivity (Wildman–Crippen MR) is 47.9 cm³/mol. The summed E-state index contributed by atoms with van der Waals surface area (Å²) in [5, 5.41) is 7.00. The van der Waals surface area contributed by atoms with Crippen molar-refractivity contribution in [1.82, 2.24) is 4.90 Å². The number of thioether (sulfide) groups is 1. The minimum absolute atomic E-state index is 0.251. The van der Waals surface area contributed by atoms with Crippen LogP contribution in [0.5, 0.6) is 0 Å². The van der Waals surface area contributed by atoms with Gasteiger partial charge in [-0.15, -0.1) is 0 Å². The third-order valence-corrected chi connectivity index (χ3v) is 1.68. The third kappa shape index (κ3) is 2.94. The normalized spacial score (nSPS) is 8.85. The van der Waals surface area contributed by atoms with Crippen LogP contribution in [0.2, 0.25) is 0 Å². The fraction of sp³-hybridized carbons (Fsp3) is 0.500. The number of nitrogens with zero attached hydrogens (tertiary/aromatic N) is 1. The van der Waals surface area contributed by atoms with E-state index in [4.69, 9.17) is 5.41 Å². The lowest BCUT2D eigenvalue weighted by Crippen LogP contribution is -2.39. The summed E-state index contributed by atoms with van der Waals surface area (Å²) in [6, 6.07) is 0. The average molecular weight is 206 g/mol. The van der Waals surface area contributed by atoms with E-state index in [1.807, 2.05) is 0 Å². The fourth-order valence-electron chi connectivity index (χ4n) is 0.514. The van der Waals surface area contributed by atoms with E-state index >= 15 is 0 Å². The number of carbonyl (C=O) groups excluding carboxylic acids is 2. The number of nitrogens with one attached hydrogen (secondary N) is 1. The highest BCUT2D eigenvalue weighted by atomic mass is 32.2. The summed E-state index contributed by atoms with van der Waals surface area (Å²) in [6.45, 7) is 0. The van der Waals surface area contributed by atoms with Crippen molar-refractivity contribution in [2.45, 2.75) is 0 Å². The van der Waals surface area contributed by atoms with Gasteiger partial charge in [0, 0.05) is 0 Å². The number of hydrogen-bond donors (Lipinski definition) is 1. The van der Waals surface area contributed by atoms with Gasteiger partial charge in [0.05, 0.1) is 14.2 Å². The number of methoxy groups -OCH3 is 2. The van der Waals surface area contributed by atoms with Gasteiger partial charge in [-0.25, -0.2) is 9.59 Å². The molecule has 0 aromatic heterocycles. The molecule has 0 spiro atoms. The first-order valence-electron chi connectivity index (χ1n) is 3.17. The van der Waals surface area contributed by atoms with E-state index in [-0.39, 0.29) is 5.17 Å². The maximum absolute atomic E-state index is 11.0. The highest BCUT2D eigenvalue weighted by Gasteiger charge is 2.27. The molecule has 7 heteroatoms. The molecular weight excluding hydrogens is 196 g/mol. The molecular formula is C6H10N2O4S. The zero-order chi connectivity index (χ0) is 10.4. The third-order valence-electron chi connectivity index (χ3n) is 1.11. The quantitative estimate of drug-likeness (QED) is 0.474. The van der Waals surface area contributed by atoms with Crippen LogP contribution in [0.3, 0.4) is 0 Å². The second-order valence-electron chi connectivity index (χ2n) is 1.78. The molecule has 0 saturated heterocycles. The second-order valence-corrected chi connectivity index (χ2v) is 2.58. The minimum Gasteiger partial charge on any atom is -0.452 e. The molecule has 0 aliphatic carbocycles. The lowest BCUT2D eigenvalue weighted by Gasteiger charge is -2.16. The first-order valence-corrected chi connectivity index (χ1v) is 4.39. The van der Waals surface area contributed by atoms with Crippen molar-refractivity contribution in [2.75, 3.05) is 20.5 Å². The second kappa shape index (κ2) is 5.41. The molecule has 0 aliphatic heterocycles. The van der Waals surface area contributed by atoms with E-state index in [1.54, 1.807) is 6.26 Å². The molecule has 0 rings (SSSR count). The Kier molecular flexibility index (Phi) is 4.90. The average Bonchev–Trinajstić information content (AvgIpc) is 2.16. The van der Waals surface area contributed by atoms with Crippen LogP contribution < -0.4 is 0 Å². The van der Waals surface area contributed by atoms with Crippen molar-refractivity contribution < 1.29 is 19.1 Å². The number of hydrogen-bond acceptors (Lipinski definition) is 6. The summed E-state index contributed by atoms with van der Waals surface area (Å²) in [4.78, 5) is 22.4. The van der Waals surface area contributed by atoms with E-state index in [1.165, 1.54) is 0 Å². The molecule has 0 aliphatic rings. The molecule has 0 atom stereocenters. The number of amides is 2. The Bertz CT molecular complexity index is 193. The maximum Gasteiger partial charge on any atom is 0.425 e. The number of carbonyl (C=O) groups is 2. The maximum atomic E-state index is 11.0. The summed E-state index contributed by atoms with van der Waals surface area (Å²) < 4.78 is 8.58. The van der Waals surface area contributed by atoms with Crippen LogP contribution in [0.15, 0.2) is 0 Å². The SMILES string of the molecule is COC(=O)N(C(=N)SC)C(=O)OC. The standard InChI is InChI=1S/C6H10N2O4S/c1-11-5(9)8(4(7)13-3)6(10)12-2/h7H,1-3H3. The Hall–Kier alpha value is -1.24. The molecule has 74 valence electrons. The van der Waals surface area contributed by atoms with Crippen molar-refractivity contribution >= 4 is 29.1 Å². The van der Waals surface area contributed by atoms with Crippen LogP contribution in [0.25, 0.3) is 0 Å². The molecule has 0 aromatic rings.